The van der Waals surface area contributed by atoms with Gasteiger partial charge >= 0.3 is 5.97 Å². The molecule has 1 aliphatic heterocycles. The minimum absolute atomic E-state index is 0.0743. The zero-order chi connectivity index (χ0) is 10.7. The molecule has 0 aromatic heterocycles. The van der Waals surface area contributed by atoms with Gasteiger partial charge in [-0.25, -0.2) is 9.80 Å². The van der Waals surface area contributed by atoms with Gasteiger partial charge in [0, 0.05) is 19.4 Å². The van der Waals surface area contributed by atoms with Crippen LogP contribution in [0.2, 0.25) is 0 Å². The molecule has 1 amide bonds. The average molecular weight is 198 g/mol. The molecule has 0 aromatic carbocycles. The first-order chi connectivity index (χ1) is 6.50. The van der Waals surface area contributed by atoms with Gasteiger partial charge in [0.2, 0.25) is 5.91 Å². The number of amides is 1. The Labute approximate surface area is 82.4 Å². The van der Waals surface area contributed by atoms with Crippen LogP contribution in [-0.4, -0.2) is 34.2 Å². The molecule has 0 aromatic rings. The van der Waals surface area contributed by atoms with E-state index in [9.17, 15) is 9.59 Å². The van der Waals surface area contributed by atoms with Crippen LogP contribution in [0, 0.1) is 5.92 Å². The Balaban J connectivity index is 2.75. The first kappa shape index (κ1) is 10.7. The maximum absolute atomic E-state index is 11.3. The van der Waals surface area contributed by atoms with Crippen LogP contribution in [0.5, 0.6) is 0 Å². The minimum atomic E-state index is -1.04. The fourth-order valence-corrected chi connectivity index (χ4v) is 1.24. The van der Waals surface area contributed by atoms with Crippen molar-refractivity contribution in [1.29, 1.82) is 0 Å². The Hall–Kier alpha value is -1.39. The highest BCUT2D eigenvalue weighted by Gasteiger charge is 2.24. The summed E-state index contributed by atoms with van der Waals surface area (Å²) in [5.74, 6) is -0.842. The first-order valence-corrected chi connectivity index (χ1v) is 4.62. The molecular weight excluding hydrogens is 184 g/mol. The number of aliphatic carboxylic acids is 1. The van der Waals surface area contributed by atoms with Crippen molar-refractivity contribution in [2.24, 2.45) is 11.0 Å². The van der Waals surface area contributed by atoms with Crippen LogP contribution in [0.15, 0.2) is 5.10 Å². The van der Waals surface area contributed by atoms with E-state index in [-0.39, 0.29) is 30.4 Å². The minimum Gasteiger partial charge on any atom is -0.477 e. The van der Waals surface area contributed by atoms with E-state index in [1.165, 1.54) is 5.01 Å². The van der Waals surface area contributed by atoms with Gasteiger partial charge in [-0.05, 0) is 5.92 Å². The number of hydrogen-bond acceptors (Lipinski definition) is 3. The summed E-state index contributed by atoms with van der Waals surface area (Å²) in [6, 6.07) is 0. The third-order valence-corrected chi connectivity index (χ3v) is 1.89. The fourth-order valence-electron chi connectivity index (χ4n) is 1.24. The molecule has 0 radical (unpaired) electrons. The lowest BCUT2D eigenvalue weighted by atomic mass is 10.1. The van der Waals surface area contributed by atoms with Gasteiger partial charge in [0.25, 0.3) is 0 Å². The van der Waals surface area contributed by atoms with Crippen molar-refractivity contribution in [3.63, 3.8) is 0 Å². The maximum atomic E-state index is 11.3. The van der Waals surface area contributed by atoms with Gasteiger partial charge in [0.1, 0.15) is 5.71 Å². The van der Waals surface area contributed by atoms with Crippen molar-refractivity contribution in [3.05, 3.63) is 0 Å². The molecule has 1 N–H and O–H groups in total. The van der Waals surface area contributed by atoms with Crippen LogP contribution in [0.3, 0.4) is 0 Å². The van der Waals surface area contributed by atoms with Gasteiger partial charge in [-0.15, -0.1) is 0 Å². The molecule has 1 heterocycles. The SMILES string of the molecule is CC(C)CN1N=C(C(=O)O)CCC1=O. The van der Waals surface area contributed by atoms with Crippen LogP contribution < -0.4 is 0 Å². The Morgan fingerprint density at radius 2 is 2.21 bits per heavy atom. The zero-order valence-corrected chi connectivity index (χ0v) is 8.36. The third-order valence-electron chi connectivity index (χ3n) is 1.89. The largest absolute Gasteiger partial charge is 0.477 e. The normalized spacial score (nSPS) is 17.2. The average Bonchev–Trinajstić information content (AvgIpc) is 2.07. The van der Waals surface area contributed by atoms with Crippen molar-refractivity contribution in [2.45, 2.75) is 26.7 Å². The van der Waals surface area contributed by atoms with Gasteiger partial charge in [0.15, 0.2) is 0 Å². The van der Waals surface area contributed by atoms with Crippen LogP contribution >= 0.6 is 0 Å². The summed E-state index contributed by atoms with van der Waals surface area (Å²) in [5.41, 5.74) is 0.0743. The molecule has 0 unspecified atom stereocenters. The zero-order valence-electron chi connectivity index (χ0n) is 8.36. The standard InChI is InChI=1S/C9H14N2O3/c1-6(2)5-11-8(12)4-3-7(10-11)9(13)14/h6H,3-5H2,1-2H3,(H,13,14). The maximum Gasteiger partial charge on any atom is 0.352 e. The summed E-state index contributed by atoms with van der Waals surface area (Å²) in [4.78, 5) is 21.9. The highest BCUT2D eigenvalue weighted by atomic mass is 16.4. The molecule has 1 aliphatic rings. The molecule has 0 aliphatic carbocycles. The number of hydrazone groups is 1. The van der Waals surface area contributed by atoms with Crippen LogP contribution in [0.4, 0.5) is 0 Å². The second-order valence-electron chi connectivity index (χ2n) is 3.72. The Bertz CT molecular complexity index is 284. The summed E-state index contributed by atoms with van der Waals surface area (Å²) >= 11 is 0. The summed E-state index contributed by atoms with van der Waals surface area (Å²) in [7, 11) is 0. The summed E-state index contributed by atoms with van der Waals surface area (Å²) in [6.07, 6.45) is 0.487. The van der Waals surface area contributed by atoms with E-state index in [1.54, 1.807) is 0 Å². The topological polar surface area (TPSA) is 70.0 Å². The van der Waals surface area contributed by atoms with E-state index in [1.807, 2.05) is 13.8 Å². The molecule has 0 bridgehead atoms. The summed E-state index contributed by atoms with van der Waals surface area (Å²) < 4.78 is 0. The molecule has 0 atom stereocenters. The molecule has 0 spiro atoms. The molecule has 14 heavy (non-hydrogen) atoms. The Morgan fingerprint density at radius 3 is 2.71 bits per heavy atom. The Morgan fingerprint density at radius 1 is 1.57 bits per heavy atom. The second-order valence-corrected chi connectivity index (χ2v) is 3.72. The van der Waals surface area contributed by atoms with Crippen molar-refractivity contribution in [1.82, 2.24) is 5.01 Å². The molecule has 0 saturated carbocycles. The van der Waals surface area contributed by atoms with E-state index < -0.39 is 5.97 Å². The van der Waals surface area contributed by atoms with Crippen LogP contribution in [-0.2, 0) is 9.59 Å². The van der Waals surface area contributed by atoms with E-state index in [0.717, 1.165) is 0 Å². The van der Waals surface area contributed by atoms with Gasteiger partial charge in [0.05, 0.1) is 0 Å². The first-order valence-electron chi connectivity index (χ1n) is 4.62. The molecule has 0 saturated heterocycles. The molecule has 5 heteroatoms. The summed E-state index contributed by atoms with van der Waals surface area (Å²) in [5, 5.41) is 13.8. The van der Waals surface area contributed by atoms with Crippen molar-refractivity contribution in [2.75, 3.05) is 6.54 Å². The van der Waals surface area contributed by atoms with Crippen molar-refractivity contribution in [3.8, 4) is 0 Å². The molecular formula is C9H14N2O3. The number of carbonyl (C=O) groups excluding carboxylic acids is 1. The predicted octanol–water partition coefficient (Wildman–Crippen LogP) is 0.705. The summed E-state index contributed by atoms with van der Waals surface area (Å²) in [6.45, 7) is 4.39. The lowest BCUT2D eigenvalue weighted by molar-refractivity contribution is -0.133. The molecule has 0 fully saturated rings. The van der Waals surface area contributed by atoms with Gasteiger partial charge in [-0.3, -0.25) is 4.79 Å². The van der Waals surface area contributed by atoms with Crippen LogP contribution in [0.1, 0.15) is 26.7 Å². The molecule has 1 rings (SSSR count). The number of carbonyl (C=O) groups is 2. The number of rotatable bonds is 3. The van der Waals surface area contributed by atoms with Gasteiger partial charge in [-0.2, -0.15) is 5.10 Å². The van der Waals surface area contributed by atoms with E-state index >= 15 is 0 Å². The Kier molecular flexibility index (Phi) is 3.22. The molecule has 78 valence electrons. The van der Waals surface area contributed by atoms with Gasteiger partial charge < -0.3 is 5.11 Å². The van der Waals surface area contributed by atoms with Crippen molar-refractivity contribution < 1.29 is 14.7 Å². The van der Waals surface area contributed by atoms with E-state index in [2.05, 4.69) is 5.10 Å². The number of hydrogen-bond donors (Lipinski definition) is 1. The smallest absolute Gasteiger partial charge is 0.352 e. The quantitative estimate of drug-likeness (QED) is 0.725. The van der Waals surface area contributed by atoms with Crippen molar-refractivity contribution >= 4 is 17.6 Å². The van der Waals surface area contributed by atoms with E-state index in [0.29, 0.717) is 6.54 Å². The van der Waals surface area contributed by atoms with E-state index in [4.69, 9.17) is 5.11 Å². The predicted molar refractivity (Wildman–Crippen MR) is 50.9 cm³/mol. The van der Waals surface area contributed by atoms with Crippen LogP contribution in [0.25, 0.3) is 0 Å². The lowest BCUT2D eigenvalue weighted by Crippen LogP contribution is -2.36. The third kappa shape index (κ3) is 2.55. The highest BCUT2D eigenvalue weighted by Crippen LogP contribution is 2.11. The lowest BCUT2D eigenvalue weighted by Gasteiger charge is -2.23. The second kappa shape index (κ2) is 4.21. The highest BCUT2D eigenvalue weighted by molar-refractivity contribution is 6.36. The fraction of sp³-hybridized carbons (Fsp3) is 0.667. The van der Waals surface area contributed by atoms with Gasteiger partial charge in [-0.1, -0.05) is 13.8 Å². The molecule has 5 nitrogen and oxygen atoms in total. The number of nitrogens with zero attached hydrogens (tertiary/aromatic N) is 2. The monoisotopic (exact) mass is 198 g/mol. The number of carboxylic acids is 1. The number of carboxylic acid groups (broad SMARTS) is 1.